The van der Waals surface area contributed by atoms with E-state index in [1.807, 2.05) is 37.0 Å². The van der Waals surface area contributed by atoms with Crippen molar-refractivity contribution in [2.45, 2.75) is 25.3 Å². The van der Waals surface area contributed by atoms with Crippen molar-refractivity contribution in [2.75, 3.05) is 18.5 Å². The fraction of sp³-hybridized carbons (Fsp3) is 0.471. The predicted octanol–water partition coefficient (Wildman–Crippen LogP) is 1.69. The van der Waals surface area contributed by atoms with Gasteiger partial charge in [-0.25, -0.2) is 9.97 Å². The van der Waals surface area contributed by atoms with Crippen LogP contribution in [0.5, 0.6) is 0 Å². The lowest BCUT2D eigenvalue weighted by atomic mass is 10.1. The Morgan fingerprint density at radius 1 is 1.35 bits per heavy atom. The van der Waals surface area contributed by atoms with Crippen molar-refractivity contribution in [3.8, 4) is 0 Å². The molecule has 1 saturated carbocycles. The molecule has 1 aliphatic heterocycles. The van der Waals surface area contributed by atoms with E-state index in [4.69, 9.17) is 0 Å². The van der Waals surface area contributed by atoms with E-state index in [0.29, 0.717) is 11.6 Å². The summed E-state index contributed by atoms with van der Waals surface area (Å²) in [6, 6.07) is 3.82. The highest BCUT2D eigenvalue weighted by atomic mass is 16.2. The van der Waals surface area contributed by atoms with Crippen molar-refractivity contribution in [2.24, 2.45) is 13.0 Å². The van der Waals surface area contributed by atoms with Crippen LogP contribution in [0, 0.1) is 5.92 Å². The minimum Gasteiger partial charge on any atom is -0.359 e. The number of pyridine rings is 1. The minimum absolute atomic E-state index is 0.0321. The molecular weight excluding hydrogens is 290 g/mol. The van der Waals surface area contributed by atoms with Crippen molar-refractivity contribution >= 4 is 11.7 Å². The summed E-state index contributed by atoms with van der Waals surface area (Å²) < 4.78 is 1.98. The molecule has 23 heavy (non-hydrogen) atoms. The summed E-state index contributed by atoms with van der Waals surface area (Å²) >= 11 is 0. The minimum atomic E-state index is -0.118. The molecule has 0 bridgehead atoms. The fourth-order valence-corrected chi connectivity index (χ4v) is 3.24. The molecular formula is C17H21N5O. The maximum Gasteiger partial charge on any atom is 0.270 e. The zero-order valence-electron chi connectivity index (χ0n) is 13.5. The first kappa shape index (κ1) is 14.2. The number of rotatable bonds is 4. The Bertz CT molecular complexity index is 749. The Labute approximate surface area is 135 Å². The molecule has 6 heteroatoms. The number of likely N-dealkylation sites (N-methyl/N-ethyl adjacent to an activating group) is 1. The number of aromatic nitrogens is 3. The first-order chi connectivity index (χ1) is 11.1. The predicted molar refractivity (Wildman–Crippen MR) is 87.4 cm³/mol. The molecule has 6 nitrogen and oxygen atoms in total. The number of amides is 1. The van der Waals surface area contributed by atoms with E-state index in [1.54, 1.807) is 6.20 Å². The Balaban J connectivity index is 1.57. The molecule has 1 atom stereocenters. The lowest BCUT2D eigenvalue weighted by Gasteiger charge is -2.18. The van der Waals surface area contributed by atoms with Crippen molar-refractivity contribution in [1.82, 2.24) is 19.9 Å². The van der Waals surface area contributed by atoms with Crippen LogP contribution in [0.2, 0.25) is 0 Å². The monoisotopic (exact) mass is 311 g/mol. The van der Waals surface area contributed by atoms with Crippen LogP contribution in [0.3, 0.4) is 0 Å². The van der Waals surface area contributed by atoms with Gasteiger partial charge in [-0.1, -0.05) is 6.07 Å². The van der Waals surface area contributed by atoms with Crippen molar-refractivity contribution in [1.29, 1.82) is 0 Å². The molecule has 2 aromatic heterocycles. The molecule has 4 rings (SSSR count). The number of fused-ring (bicyclic) bond motifs is 1. The Kier molecular flexibility index (Phi) is 3.32. The number of hydrogen-bond acceptors (Lipinski definition) is 4. The van der Waals surface area contributed by atoms with Gasteiger partial charge in [-0.3, -0.25) is 4.79 Å². The highest BCUT2D eigenvalue weighted by molar-refractivity contribution is 5.93. The summed E-state index contributed by atoms with van der Waals surface area (Å²) in [6.45, 7) is 0.964. The summed E-state index contributed by atoms with van der Waals surface area (Å²) in [5.41, 5.74) is 1.70. The molecule has 1 N–H and O–H groups in total. The molecule has 1 amide bonds. The van der Waals surface area contributed by atoms with Gasteiger partial charge >= 0.3 is 0 Å². The van der Waals surface area contributed by atoms with Crippen LogP contribution in [0.1, 0.15) is 40.8 Å². The molecule has 3 heterocycles. The van der Waals surface area contributed by atoms with E-state index in [1.165, 1.54) is 5.56 Å². The number of nitrogens with one attached hydrogen (secondary N) is 1. The summed E-state index contributed by atoms with van der Waals surface area (Å²) in [5, 5.41) is 3.14. The Hall–Kier alpha value is -2.37. The van der Waals surface area contributed by atoms with Crippen molar-refractivity contribution < 1.29 is 4.79 Å². The number of nitrogens with zero attached hydrogens (tertiary/aromatic N) is 4. The third-order valence-electron chi connectivity index (χ3n) is 4.78. The quantitative estimate of drug-likeness (QED) is 0.933. The lowest BCUT2D eigenvalue weighted by molar-refractivity contribution is 0.0924. The number of carbonyl (C=O) groups is 1. The number of hydrogen-bond donors (Lipinski definition) is 1. The van der Waals surface area contributed by atoms with Crippen LogP contribution in [0.25, 0.3) is 0 Å². The molecule has 120 valence electrons. The zero-order valence-corrected chi connectivity index (χ0v) is 13.5. The van der Waals surface area contributed by atoms with E-state index >= 15 is 0 Å². The third-order valence-corrected chi connectivity index (χ3v) is 4.78. The fourth-order valence-electron chi connectivity index (χ4n) is 3.24. The molecule has 2 aliphatic rings. The maximum atomic E-state index is 12.7. The van der Waals surface area contributed by atoms with Gasteiger partial charge in [-0.15, -0.1) is 0 Å². The summed E-state index contributed by atoms with van der Waals surface area (Å²) in [7, 11) is 3.98. The molecule has 1 fully saturated rings. The van der Waals surface area contributed by atoms with Gasteiger partial charge in [0.1, 0.15) is 17.3 Å². The second-order valence-corrected chi connectivity index (χ2v) is 6.54. The average Bonchev–Trinajstić information content (AvgIpc) is 3.21. The maximum absolute atomic E-state index is 12.7. The highest BCUT2D eigenvalue weighted by Gasteiger charge is 2.36. The van der Waals surface area contributed by atoms with E-state index in [9.17, 15) is 4.79 Å². The number of aryl methyl sites for hydroxylation is 1. The van der Waals surface area contributed by atoms with E-state index in [0.717, 1.165) is 37.4 Å². The van der Waals surface area contributed by atoms with Gasteiger partial charge in [0, 0.05) is 33.0 Å². The second-order valence-electron chi connectivity index (χ2n) is 6.54. The number of anilines is 1. The van der Waals surface area contributed by atoms with E-state index < -0.39 is 0 Å². The molecule has 0 radical (unpaired) electrons. The van der Waals surface area contributed by atoms with Gasteiger partial charge in [0.25, 0.3) is 5.91 Å². The molecule has 2 aromatic rings. The van der Waals surface area contributed by atoms with Crippen LogP contribution < -0.4 is 10.2 Å². The SMILES string of the molecule is CN1CCc2ccc(C(=O)NC(c3nccn3C)C3CC3)nc21. The van der Waals surface area contributed by atoms with Gasteiger partial charge in [-0.2, -0.15) is 0 Å². The van der Waals surface area contributed by atoms with Gasteiger partial charge in [-0.05, 0) is 36.8 Å². The van der Waals surface area contributed by atoms with Gasteiger partial charge in [0.05, 0.1) is 6.04 Å². The molecule has 0 saturated heterocycles. The number of imidazole rings is 1. The van der Waals surface area contributed by atoms with E-state index in [-0.39, 0.29) is 11.9 Å². The summed E-state index contributed by atoms with van der Waals surface area (Å²) in [5.74, 6) is 2.21. The van der Waals surface area contributed by atoms with Gasteiger partial charge in [0.2, 0.25) is 0 Å². The van der Waals surface area contributed by atoms with Crippen LogP contribution >= 0.6 is 0 Å². The number of carbonyl (C=O) groups excluding carboxylic acids is 1. The summed E-state index contributed by atoms with van der Waals surface area (Å²) in [6.07, 6.45) is 6.97. The largest absolute Gasteiger partial charge is 0.359 e. The van der Waals surface area contributed by atoms with Gasteiger partial charge in [0.15, 0.2) is 0 Å². The van der Waals surface area contributed by atoms with Crippen LogP contribution in [0.15, 0.2) is 24.5 Å². The highest BCUT2D eigenvalue weighted by Crippen LogP contribution is 2.40. The Morgan fingerprint density at radius 3 is 2.87 bits per heavy atom. The molecule has 0 spiro atoms. The van der Waals surface area contributed by atoms with Crippen LogP contribution in [-0.4, -0.2) is 34.0 Å². The van der Waals surface area contributed by atoms with Crippen molar-refractivity contribution in [3.63, 3.8) is 0 Å². The first-order valence-electron chi connectivity index (χ1n) is 8.12. The van der Waals surface area contributed by atoms with Crippen LogP contribution in [-0.2, 0) is 13.5 Å². The lowest BCUT2D eigenvalue weighted by Crippen LogP contribution is -2.32. The zero-order chi connectivity index (χ0) is 16.0. The topological polar surface area (TPSA) is 63.1 Å². The molecule has 1 aliphatic carbocycles. The normalized spacial score (nSPS) is 17.9. The smallest absolute Gasteiger partial charge is 0.270 e. The average molecular weight is 311 g/mol. The van der Waals surface area contributed by atoms with Crippen LogP contribution in [0.4, 0.5) is 5.82 Å². The third kappa shape index (κ3) is 2.58. The molecule has 0 aromatic carbocycles. The van der Waals surface area contributed by atoms with E-state index in [2.05, 4.69) is 20.2 Å². The van der Waals surface area contributed by atoms with Crippen molar-refractivity contribution in [3.05, 3.63) is 41.6 Å². The Morgan fingerprint density at radius 2 is 2.17 bits per heavy atom. The summed E-state index contributed by atoms with van der Waals surface area (Å²) in [4.78, 5) is 23.7. The standard InChI is InChI=1S/C17H21N5O/c1-21-9-7-12-5-6-13(19-15(12)21)17(23)20-14(11-3-4-11)16-18-8-10-22(16)2/h5-6,8,10-11,14H,3-4,7,9H2,1-2H3,(H,20,23). The second kappa shape index (κ2) is 5.37. The van der Waals surface area contributed by atoms with Gasteiger partial charge < -0.3 is 14.8 Å². The molecule has 1 unspecified atom stereocenters. The first-order valence-corrected chi connectivity index (χ1v) is 8.12.